The summed E-state index contributed by atoms with van der Waals surface area (Å²) in [6, 6.07) is -0.623. The molecule has 1 amide bonds. The molecule has 1 atom stereocenters. The van der Waals surface area contributed by atoms with Gasteiger partial charge in [-0.3, -0.25) is 4.79 Å². The first-order chi connectivity index (χ1) is 6.52. The summed E-state index contributed by atoms with van der Waals surface area (Å²) in [6.45, 7) is 6.07. The minimum Gasteiger partial charge on any atom is -0.480 e. The van der Waals surface area contributed by atoms with Crippen molar-refractivity contribution in [2.75, 3.05) is 6.54 Å². The molecule has 0 aliphatic carbocycles. The zero-order valence-electron chi connectivity index (χ0n) is 8.32. The summed E-state index contributed by atoms with van der Waals surface area (Å²) in [5, 5.41) is 8.85. The van der Waals surface area contributed by atoms with Crippen LogP contribution in [0.3, 0.4) is 0 Å². The average molecular weight is 197 g/mol. The highest BCUT2D eigenvalue weighted by Crippen LogP contribution is 2.19. The standard InChI is InChI=1S/C10H15NO3/c1-7(2)5-6-11-8(10(13)14)3-4-9(11)12/h8H,1,3-6H2,2H3,(H,13,14). The first-order valence-corrected chi connectivity index (χ1v) is 4.69. The maximum atomic E-state index is 11.3. The van der Waals surface area contributed by atoms with Crippen LogP contribution in [0.25, 0.3) is 0 Å². The fraction of sp³-hybridized carbons (Fsp3) is 0.600. The summed E-state index contributed by atoms with van der Waals surface area (Å²) in [6.07, 6.45) is 1.47. The first kappa shape index (κ1) is 10.8. The predicted octanol–water partition coefficient (Wildman–Crippen LogP) is 1.03. The lowest BCUT2D eigenvalue weighted by Gasteiger charge is -2.21. The lowest BCUT2D eigenvalue weighted by Crippen LogP contribution is -2.39. The van der Waals surface area contributed by atoms with E-state index in [0.717, 1.165) is 5.57 Å². The normalized spacial score (nSPS) is 21.4. The largest absolute Gasteiger partial charge is 0.480 e. The predicted molar refractivity (Wildman–Crippen MR) is 51.8 cm³/mol. The number of nitrogens with zero attached hydrogens (tertiary/aromatic N) is 1. The smallest absolute Gasteiger partial charge is 0.326 e. The Labute approximate surface area is 83.2 Å². The van der Waals surface area contributed by atoms with E-state index in [1.54, 1.807) is 0 Å². The molecule has 78 valence electrons. The van der Waals surface area contributed by atoms with Gasteiger partial charge in [0.15, 0.2) is 0 Å². The van der Waals surface area contributed by atoms with Crippen LogP contribution in [-0.2, 0) is 9.59 Å². The number of likely N-dealkylation sites (tertiary alicyclic amines) is 1. The van der Waals surface area contributed by atoms with Gasteiger partial charge in [-0.2, -0.15) is 0 Å². The van der Waals surface area contributed by atoms with Crippen LogP contribution >= 0.6 is 0 Å². The van der Waals surface area contributed by atoms with Crippen LogP contribution in [0.1, 0.15) is 26.2 Å². The summed E-state index contributed by atoms with van der Waals surface area (Å²) in [5.41, 5.74) is 0.967. The number of hydrogen-bond donors (Lipinski definition) is 1. The molecule has 1 heterocycles. The van der Waals surface area contributed by atoms with E-state index in [1.807, 2.05) is 6.92 Å². The molecule has 1 N–H and O–H groups in total. The van der Waals surface area contributed by atoms with E-state index in [9.17, 15) is 9.59 Å². The van der Waals surface area contributed by atoms with Crippen molar-refractivity contribution in [3.8, 4) is 0 Å². The highest BCUT2D eigenvalue weighted by atomic mass is 16.4. The van der Waals surface area contributed by atoms with Crippen LogP contribution in [0.5, 0.6) is 0 Å². The molecule has 1 aliphatic heterocycles. The number of carboxylic acid groups (broad SMARTS) is 1. The van der Waals surface area contributed by atoms with Crippen molar-refractivity contribution in [1.82, 2.24) is 4.90 Å². The molecule has 0 radical (unpaired) electrons. The topological polar surface area (TPSA) is 57.6 Å². The number of carbonyl (C=O) groups is 2. The highest BCUT2D eigenvalue weighted by molar-refractivity contribution is 5.87. The van der Waals surface area contributed by atoms with Crippen LogP contribution in [0.4, 0.5) is 0 Å². The number of aliphatic carboxylic acids is 1. The summed E-state index contributed by atoms with van der Waals surface area (Å²) >= 11 is 0. The van der Waals surface area contributed by atoms with Gasteiger partial charge in [-0.05, 0) is 19.8 Å². The molecule has 1 fully saturated rings. The first-order valence-electron chi connectivity index (χ1n) is 4.69. The van der Waals surface area contributed by atoms with E-state index < -0.39 is 12.0 Å². The van der Waals surface area contributed by atoms with Gasteiger partial charge in [0.1, 0.15) is 6.04 Å². The van der Waals surface area contributed by atoms with Crippen LogP contribution in [-0.4, -0.2) is 34.5 Å². The Kier molecular flexibility index (Phi) is 3.28. The average Bonchev–Trinajstić information content (AvgIpc) is 2.43. The molecule has 0 saturated carbocycles. The van der Waals surface area contributed by atoms with Gasteiger partial charge in [0.2, 0.25) is 5.91 Å². The third-order valence-electron chi connectivity index (χ3n) is 2.39. The SMILES string of the molecule is C=C(C)CCN1C(=O)CCC1C(=O)O. The summed E-state index contributed by atoms with van der Waals surface area (Å²) in [7, 11) is 0. The molecule has 0 aromatic heterocycles. The number of hydrogen-bond acceptors (Lipinski definition) is 2. The second kappa shape index (κ2) is 4.26. The summed E-state index contributed by atoms with van der Waals surface area (Å²) < 4.78 is 0. The molecule has 1 rings (SSSR count). The maximum absolute atomic E-state index is 11.3. The second-order valence-corrected chi connectivity index (χ2v) is 3.69. The van der Waals surface area contributed by atoms with Gasteiger partial charge >= 0.3 is 5.97 Å². The molecule has 4 nitrogen and oxygen atoms in total. The number of carboxylic acids is 1. The Morgan fingerprint density at radius 1 is 1.71 bits per heavy atom. The molecule has 4 heteroatoms. The van der Waals surface area contributed by atoms with Gasteiger partial charge < -0.3 is 10.0 Å². The zero-order valence-corrected chi connectivity index (χ0v) is 8.32. The summed E-state index contributed by atoms with van der Waals surface area (Å²) in [4.78, 5) is 23.6. The third-order valence-corrected chi connectivity index (χ3v) is 2.39. The van der Waals surface area contributed by atoms with E-state index in [2.05, 4.69) is 6.58 Å². The fourth-order valence-electron chi connectivity index (χ4n) is 1.58. The van der Waals surface area contributed by atoms with E-state index >= 15 is 0 Å². The van der Waals surface area contributed by atoms with E-state index in [0.29, 0.717) is 25.8 Å². The molecule has 14 heavy (non-hydrogen) atoms. The van der Waals surface area contributed by atoms with E-state index in [-0.39, 0.29) is 5.91 Å². The lowest BCUT2D eigenvalue weighted by molar-refractivity contribution is -0.146. The molecule has 0 aromatic carbocycles. The molecule has 0 spiro atoms. The minimum atomic E-state index is -0.905. The third kappa shape index (κ3) is 2.34. The zero-order chi connectivity index (χ0) is 10.7. The van der Waals surface area contributed by atoms with Gasteiger partial charge in [-0.25, -0.2) is 4.79 Å². The highest BCUT2D eigenvalue weighted by Gasteiger charge is 2.35. The van der Waals surface area contributed by atoms with Crippen LogP contribution in [0, 0.1) is 0 Å². The number of carbonyl (C=O) groups excluding carboxylic acids is 1. The van der Waals surface area contributed by atoms with Crippen LogP contribution in [0.2, 0.25) is 0 Å². The van der Waals surface area contributed by atoms with Crippen molar-refractivity contribution < 1.29 is 14.7 Å². The Bertz CT molecular complexity index is 273. The van der Waals surface area contributed by atoms with E-state index in [1.165, 1.54) is 4.90 Å². The second-order valence-electron chi connectivity index (χ2n) is 3.69. The fourth-order valence-corrected chi connectivity index (χ4v) is 1.58. The van der Waals surface area contributed by atoms with Gasteiger partial charge in [0.05, 0.1) is 0 Å². The van der Waals surface area contributed by atoms with Crippen LogP contribution < -0.4 is 0 Å². The number of rotatable bonds is 4. The maximum Gasteiger partial charge on any atom is 0.326 e. The quantitative estimate of drug-likeness (QED) is 0.685. The molecule has 1 aliphatic rings. The molecular weight excluding hydrogens is 182 g/mol. The van der Waals surface area contributed by atoms with Gasteiger partial charge in [0, 0.05) is 13.0 Å². The molecule has 1 saturated heterocycles. The number of amides is 1. The molecule has 1 unspecified atom stereocenters. The van der Waals surface area contributed by atoms with Crippen molar-refractivity contribution in [3.63, 3.8) is 0 Å². The van der Waals surface area contributed by atoms with Crippen molar-refractivity contribution in [3.05, 3.63) is 12.2 Å². The van der Waals surface area contributed by atoms with Crippen molar-refractivity contribution in [2.24, 2.45) is 0 Å². The van der Waals surface area contributed by atoms with Gasteiger partial charge in [0.25, 0.3) is 0 Å². The lowest BCUT2D eigenvalue weighted by atomic mass is 10.2. The van der Waals surface area contributed by atoms with Crippen molar-refractivity contribution >= 4 is 11.9 Å². The van der Waals surface area contributed by atoms with Gasteiger partial charge in [-0.15, -0.1) is 6.58 Å². The molecule has 0 bridgehead atoms. The Morgan fingerprint density at radius 2 is 2.36 bits per heavy atom. The van der Waals surface area contributed by atoms with E-state index in [4.69, 9.17) is 5.11 Å². The van der Waals surface area contributed by atoms with Gasteiger partial charge in [-0.1, -0.05) is 5.57 Å². The molecule has 0 aromatic rings. The van der Waals surface area contributed by atoms with Crippen molar-refractivity contribution in [2.45, 2.75) is 32.2 Å². The van der Waals surface area contributed by atoms with Crippen molar-refractivity contribution in [1.29, 1.82) is 0 Å². The Balaban J connectivity index is 2.58. The Morgan fingerprint density at radius 3 is 2.86 bits per heavy atom. The minimum absolute atomic E-state index is 0.0568. The van der Waals surface area contributed by atoms with Crippen LogP contribution in [0.15, 0.2) is 12.2 Å². The Hall–Kier alpha value is -1.32. The molecular formula is C10H15NO3. The monoisotopic (exact) mass is 197 g/mol. The summed E-state index contributed by atoms with van der Waals surface area (Å²) in [5.74, 6) is -0.962.